The summed E-state index contributed by atoms with van der Waals surface area (Å²) in [7, 11) is 0. The van der Waals surface area contributed by atoms with Crippen LogP contribution in [0.3, 0.4) is 0 Å². The van der Waals surface area contributed by atoms with E-state index < -0.39 is 0 Å². The van der Waals surface area contributed by atoms with Gasteiger partial charge in [0.25, 0.3) is 5.91 Å². The van der Waals surface area contributed by atoms with Crippen LogP contribution in [-0.4, -0.2) is 38.7 Å². The number of aryl methyl sites for hydroxylation is 1. The molecule has 8 heteroatoms. The lowest BCUT2D eigenvalue weighted by Crippen LogP contribution is -2.17. The summed E-state index contributed by atoms with van der Waals surface area (Å²) in [6.07, 6.45) is 2.79. The molecule has 1 N–H and O–H groups in total. The summed E-state index contributed by atoms with van der Waals surface area (Å²) in [4.78, 5) is 16.3. The second-order valence-electron chi connectivity index (χ2n) is 4.57. The average molecular weight is 322 g/mol. The van der Waals surface area contributed by atoms with Crippen LogP contribution >= 0.6 is 23.1 Å². The topological polar surface area (TPSA) is 77.0 Å². The molecule has 3 rings (SSSR count). The molecule has 2 aromatic heterocycles. The third-order valence-corrected chi connectivity index (χ3v) is 4.80. The maximum atomic E-state index is 12.2. The molecule has 0 unspecified atom stereocenters. The lowest BCUT2D eigenvalue weighted by atomic mass is 10.2. The first-order chi connectivity index (χ1) is 10.2. The van der Waals surface area contributed by atoms with Crippen LogP contribution in [0.15, 0.2) is 18.3 Å². The van der Waals surface area contributed by atoms with E-state index in [0.717, 1.165) is 22.9 Å². The number of thioether (sulfide) groups is 1. The SMILES string of the molecule is Cc1nnc(NC(=O)c2ccnc(O[C@H]3CCSC3)c2)s1. The smallest absolute Gasteiger partial charge is 0.257 e. The van der Waals surface area contributed by atoms with Gasteiger partial charge in [-0.25, -0.2) is 4.98 Å². The van der Waals surface area contributed by atoms with Crippen molar-refractivity contribution in [3.63, 3.8) is 0 Å². The zero-order valence-electron chi connectivity index (χ0n) is 11.4. The van der Waals surface area contributed by atoms with Crippen molar-refractivity contribution in [2.24, 2.45) is 0 Å². The van der Waals surface area contributed by atoms with E-state index in [1.165, 1.54) is 11.3 Å². The van der Waals surface area contributed by atoms with Crippen LogP contribution in [0, 0.1) is 6.92 Å². The summed E-state index contributed by atoms with van der Waals surface area (Å²) in [6, 6.07) is 3.31. The minimum absolute atomic E-state index is 0.187. The molecule has 0 spiro atoms. The lowest BCUT2D eigenvalue weighted by molar-refractivity contribution is 0.102. The van der Waals surface area contributed by atoms with Crippen molar-refractivity contribution >= 4 is 34.1 Å². The number of carbonyl (C=O) groups is 1. The number of pyridine rings is 1. The van der Waals surface area contributed by atoms with Gasteiger partial charge >= 0.3 is 0 Å². The molecular weight excluding hydrogens is 308 g/mol. The molecule has 1 amide bonds. The fourth-order valence-corrected chi connectivity index (χ4v) is 3.59. The van der Waals surface area contributed by atoms with Gasteiger partial charge < -0.3 is 4.74 Å². The minimum Gasteiger partial charge on any atom is -0.473 e. The van der Waals surface area contributed by atoms with Crippen LogP contribution < -0.4 is 10.1 Å². The average Bonchev–Trinajstić information content (AvgIpc) is 3.11. The number of anilines is 1. The number of hydrogen-bond acceptors (Lipinski definition) is 7. The Hall–Kier alpha value is -1.67. The number of ether oxygens (including phenoxy) is 1. The van der Waals surface area contributed by atoms with E-state index >= 15 is 0 Å². The Morgan fingerprint density at radius 2 is 2.38 bits per heavy atom. The van der Waals surface area contributed by atoms with Crippen molar-refractivity contribution in [1.82, 2.24) is 15.2 Å². The van der Waals surface area contributed by atoms with Gasteiger partial charge in [-0.05, 0) is 25.2 Å². The molecule has 1 aliphatic heterocycles. The molecule has 0 saturated carbocycles. The van der Waals surface area contributed by atoms with E-state index in [4.69, 9.17) is 4.74 Å². The van der Waals surface area contributed by atoms with Gasteiger partial charge in [-0.15, -0.1) is 10.2 Å². The second-order valence-corrected chi connectivity index (χ2v) is 6.90. The molecule has 1 fully saturated rings. The Balaban J connectivity index is 1.68. The Bertz CT molecular complexity index is 641. The number of rotatable bonds is 4. The highest BCUT2D eigenvalue weighted by Crippen LogP contribution is 2.22. The van der Waals surface area contributed by atoms with E-state index in [1.54, 1.807) is 18.3 Å². The maximum absolute atomic E-state index is 12.2. The summed E-state index contributed by atoms with van der Waals surface area (Å²) in [6.45, 7) is 1.84. The molecule has 0 radical (unpaired) electrons. The summed E-state index contributed by atoms with van der Waals surface area (Å²) in [5.41, 5.74) is 0.499. The van der Waals surface area contributed by atoms with Crippen LogP contribution in [0.2, 0.25) is 0 Å². The monoisotopic (exact) mass is 322 g/mol. The largest absolute Gasteiger partial charge is 0.473 e. The summed E-state index contributed by atoms with van der Waals surface area (Å²) < 4.78 is 5.78. The van der Waals surface area contributed by atoms with Crippen LogP contribution in [-0.2, 0) is 0 Å². The summed E-state index contributed by atoms with van der Waals surface area (Å²) in [5.74, 6) is 2.34. The number of nitrogens with zero attached hydrogens (tertiary/aromatic N) is 3. The standard InChI is InChI=1S/C13H14N4O2S2/c1-8-16-17-13(21-8)15-12(18)9-2-4-14-11(6-9)19-10-3-5-20-7-10/h2,4,6,10H,3,5,7H2,1H3,(H,15,17,18)/t10-/m0/s1. The van der Waals surface area contributed by atoms with Crippen LogP contribution in [0.4, 0.5) is 5.13 Å². The quantitative estimate of drug-likeness (QED) is 0.931. The third kappa shape index (κ3) is 3.70. The van der Waals surface area contributed by atoms with E-state index in [9.17, 15) is 4.79 Å². The Labute approximate surface area is 130 Å². The fourth-order valence-electron chi connectivity index (χ4n) is 1.91. The number of nitrogens with one attached hydrogen (secondary N) is 1. The molecule has 21 heavy (non-hydrogen) atoms. The predicted molar refractivity (Wildman–Crippen MR) is 83.2 cm³/mol. The van der Waals surface area contributed by atoms with Gasteiger partial charge in [0.2, 0.25) is 11.0 Å². The van der Waals surface area contributed by atoms with Gasteiger partial charge in [-0.3, -0.25) is 10.1 Å². The second kappa shape index (κ2) is 6.40. The fraction of sp³-hybridized carbons (Fsp3) is 0.385. The van der Waals surface area contributed by atoms with Gasteiger partial charge in [0.05, 0.1) is 0 Å². The van der Waals surface area contributed by atoms with Crippen molar-refractivity contribution in [2.75, 3.05) is 16.8 Å². The van der Waals surface area contributed by atoms with Crippen molar-refractivity contribution in [3.05, 3.63) is 28.9 Å². The summed E-state index contributed by atoms with van der Waals surface area (Å²) >= 11 is 3.21. The molecule has 2 aromatic rings. The van der Waals surface area contributed by atoms with E-state index in [2.05, 4.69) is 20.5 Å². The zero-order valence-corrected chi connectivity index (χ0v) is 13.0. The van der Waals surface area contributed by atoms with Crippen LogP contribution in [0.1, 0.15) is 21.8 Å². The lowest BCUT2D eigenvalue weighted by Gasteiger charge is -2.11. The highest BCUT2D eigenvalue weighted by atomic mass is 32.2. The highest BCUT2D eigenvalue weighted by Gasteiger charge is 2.18. The highest BCUT2D eigenvalue weighted by molar-refractivity contribution is 7.99. The van der Waals surface area contributed by atoms with E-state index in [0.29, 0.717) is 16.6 Å². The van der Waals surface area contributed by atoms with E-state index in [-0.39, 0.29) is 12.0 Å². The number of carbonyl (C=O) groups excluding carboxylic acids is 1. The van der Waals surface area contributed by atoms with Crippen LogP contribution in [0.25, 0.3) is 0 Å². The first-order valence-corrected chi connectivity index (χ1v) is 8.50. The van der Waals surface area contributed by atoms with Gasteiger partial charge in [-0.1, -0.05) is 11.3 Å². The van der Waals surface area contributed by atoms with Gasteiger partial charge in [0, 0.05) is 23.6 Å². The normalized spacial score (nSPS) is 17.7. The molecule has 1 saturated heterocycles. The van der Waals surface area contributed by atoms with E-state index in [1.807, 2.05) is 18.7 Å². The zero-order chi connectivity index (χ0) is 14.7. The number of amides is 1. The molecule has 110 valence electrons. The third-order valence-electron chi connectivity index (χ3n) is 2.92. The molecule has 3 heterocycles. The Kier molecular flexibility index (Phi) is 4.35. The predicted octanol–water partition coefficient (Wildman–Crippen LogP) is 2.38. The first kappa shape index (κ1) is 14.3. The minimum atomic E-state index is -0.237. The molecule has 1 atom stereocenters. The van der Waals surface area contributed by atoms with Crippen molar-refractivity contribution in [2.45, 2.75) is 19.4 Å². The molecule has 0 aromatic carbocycles. The molecule has 0 bridgehead atoms. The Morgan fingerprint density at radius 3 is 3.10 bits per heavy atom. The van der Waals surface area contributed by atoms with Crippen molar-refractivity contribution in [3.8, 4) is 5.88 Å². The Morgan fingerprint density at radius 1 is 1.48 bits per heavy atom. The van der Waals surface area contributed by atoms with Crippen LogP contribution in [0.5, 0.6) is 5.88 Å². The number of aromatic nitrogens is 3. The van der Waals surface area contributed by atoms with Crippen molar-refractivity contribution < 1.29 is 9.53 Å². The van der Waals surface area contributed by atoms with Crippen molar-refractivity contribution in [1.29, 1.82) is 0 Å². The number of hydrogen-bond donors (Lipinski definition) is 1. The summed E-state index contributed by atoms with van der Waals surface area (Å²) in [5, 5.41) is 11.8. The molecule has 1 aliphatic rings. The molecular formula is C13H14N4O2S2. The molecule has 6 nitrogen and oxygen atoms in total. The molecule has 0 aliphatic carbocycles. The van der Waals surface area contributed by atoms with Gasteiger partial charge in [0.1, 0.15) is 11.1 Å². The maximum Gasteiger partial charge on any atom is 0.257 e. The van der Waals surface area contributed by atoms with Gasteiger partial charge in [-0.2, -0.15) is 11.8 Å². The van der Waals surface area contributed by atoms with Gasteiger partial charge in [0.15, 0.2) is 0 Å². The first-order valence-electron chi connectivity index (χ1n) is 6.52.